The number of anilines is 1. The van der Waals surface area contributed by atoms with Gasteiger partial charge in [-0.3, -0.25) is 4.79 Å². The third-order valence-electron chi connectivity index (χ3n) is 4.88. The molecule has 0 fully saturated rings. The zero-order valence-corrected chi connectivity index (χ0v) is 16.2. The normalized spacial score (nSPS) is 10.9. The molecule has 28 heavy (non-hydrogen) atoms. The lowest BCUT2D eigenvalue weighted by Crippen LogP contribution is -2.32. The SMILES string of the molecule is O=C(c1ccc(Cl)cc1)N(CCCc1ccccc1)c1c[nH]c2ccccc12. The standard InChI is InChI=1S/C24H21ClN2O/c25-20-14-12-19(13-15-20)24(28)27(16-6-9-18-7-2-1-3-8-18)23-17-26-22-11-5-4-10-21(22)23/h1-5,7-8,10-15,17,26H,6,9,16H2. The van der Waals surface area contributed by atoms with Crippen LogP contribution < -0.4 is 4.90 Å². The maximum absolute atomic E-state index is 13.3. The first-order chi connectivity index (χ1) is 13.7. The Bertz CT molecular complexity index is 1070. The molecule has 3 nitrogen and oxygen atoms in total. The van der Waals surface area contributed by atoms with Crippen LogP contribution in [0.15, 0.2) is 85.1 Å². The van der Waals surface area contributed by atoms with Crippen molar-refractivity contribution < 1.29 is 4.79 Å². The molecule has 4 aromatic rings. The van der Waals surface area contributed by atoms with E-state index < -0.39 is 0 Å². The quantitative estimate of drug-likeness (QED) is 0.425. The Morgan fingerprint density at radius 3 is 2.39 bits per heavy atom. The highest BCUT2D eigenvalue weighted by molar-refractivity contribution is 6.30. The molecule has 0 saturated carbocycles. The number of halogens is 1. The van der Waals surface area contributed by atoms with E-state index in [0.717, 1.165) is 29.4 Å². The number of fused-ring (bicyclic) bond motifs is 1. The number of nitrogens with zero attached hydrogens (tertiary/aromatic N) is 1. The summed E-state index contributed by atoms with van der Waals surface area (Å²) in [6.45, 7) is 0.637. The third-order valence-corrected chi connectivity index (χ3v) is 5.14. The minimum Gasteiger partial charge on any atom is -0.359 e. The molecule has 0 bridgehead atoms. The molecule has 3 aromatic carbocycles. The number of para-hydroxylation sites is 1. The molecule has 0 unspecified atom stereocenters. The van der Waals surface area contributed by atoms with Gasteiger partial charge in [-0.05, 0) is 48.7 Å². The molecular formula is C24H21ClN2O. The van der Waals surface area contributed by atoms with E-state index in [1.165, 1.54) is 5.56 Å². The molecule has 4 heteroatoms. The summed E-state index contributed by atoms with van der Waals surface area (Å²) in [4.78, 5) is 18.5. The predicted molar refractivity (Wildman–Crippen MR) is 116 cm³/mol. The summed E-state index contributed by atoms with van der Waals surface area (Å²) >= 11 is 6.00. The van der Waals surface area contributed by atoms with Crippen molar-refractivity contribution in [1.82, 2.24) is 4.98 Å². The molecule has 0 aliphatic carbocycles. The van der Waals surface area contributed by atoms with Crippen molar-refractivity contribution in [3.05, 3.63) is 101 Å². The van der Waals surface area contributed by atoms with Gasteiger partial charge in [0.15, 0.2) is 0 Å². The number of carbonyl (C=O) groups is 1. The molecule has 1 N–H and O–H groups in total. The van der Waals surface area contributed by atoms with E-state index in [0.29, 0.717) is 17.1 Å². The number of aromatic nitrogens is 1. The Labute approximate surface area is 169 Å². The minimum absolute atomic E-state index is 0.0190. The van der Waals surface area contributed by atoms with Crippen molar-refractivity contribution in [2.75, 3.05) is 11.4 Å². The van der Waals surface area contributed by atoms with Crippen LogP contribution in [-0.2, 0) is 6.42 Å². The molecule has 0 aliphatic heterocycles. The van der Waals surface area contributed by atoms with E-state index in [2.05, 4.69) is 17.1 Å². The van der Waals surface area contributed by atoms with Crippen LogP contribution in [0.1, 0.15) is 22.3 Å². The maximum Gasteiger partial charge on any atom is 0.258 e. The summed E-state index contributed by atoms with van der Waals surface area (Å²) in [6, 6.07) is 25.5. The summed E-state index contributed by atoms with van der Waals surface area (Å²) in [5, 5.41) is 1.67. The van der Waals surface area contributed by atoms with Crippen LogP contribution >= 0.6 is 11.6 Å². The molecule has 140 valence electrons. The van der Waals surface area contributed by atoms with Crippen LogP contribution in [-0.4, -0.2) is 17.4 Å². The number of H-pyrrole nitrogens is 1. The van der Waals surface area contributed by atoms with Gasteiger partial charge in [0.25, 0.3) is 5.91 Å². The Morgan fingerprint density at radius 1 is 0.893 bits per heavy atom. The number of aryl methyl sites for hydroxylation is 1. The number of amides is 1. The van der Waals surface area contributed by atoms with Gasteiger partial charge >= 0.3 is 0 Å². The van der Waals surface area contributed by atoms with Gasteiger partial charge in [-0.15, -0.1) is 0 Å². The average Bonchev–Trinajstić information content (AvgIpc) is 3.16. The number of aromatic amines is 1. The fourth-order valence-corrected chi connectivity index (χ4v) is 3.57. The molecule has 0 aliphatic rings. The van der Waals surface area contributed by atoms with Gasteiger partial charge in [0.2, 0.25) is 0 Å². The van der Waals surface area contributed by atoms with Crippen molar-refractivity contribution in [3.63, 3.8) is 0 Å². The Balaban J connectivity index is 1.62. The lowest BCUT2D eigenvalue weighted by atomic mass is 10.1. The van der Waals surface area contributed by atoms with E-state index in [4.69, 9.17) is 11.6 Å². The average molecular weight is 389 g/mol. The van der Waals surface area contributed by atoms with Crippen LogP contribution in [0.3, 0.4) is 0 Å². The molecule has 1 heterocycles. The zero-order chi connectivity index (χ0) is 19.3. The fourth-order valence-electron chi connectivity index (χ4n) is 3.45. The predicted octanol–water partition coefficient (Wildman–Crippen LogP) is 6.10. The number of hydrogen-bond acceptors (Lipinski definition) is 1. The highest BCUT2D eigenvalue weighted by atomic mass is 35.5. The largest absolute Gasteiger partial charge is 0.359 e. The van der Waals surface area contributed by atoms with Crippen LogP contribution in [0, 0.1) is 0 Å². The van der Waals surface area contributed by atoms with Gasteiger partial charge in [0.05, 0.1) is 5.69 Å². The van der Waals surface area contributed by atoms with Crippen molar-refractivity contribution in [2.24, 2.45) is 0 Å². The number of carbonyl (C=O) groups excluding carboxylic acids is 1. The molecule has 1 amide bonds. The molecule has 0 saturated heterocycles. The van der Waals surface area contributed by atoms with Crippen molar-refractivity contribution in [2.45, 2.75) is 12.8 Å². The molecular weight excluding hydrogens is 368 g/mol. The molecule has 4 rings (SSSR count). The smallest absolute Gasteiger partial charge is 0.258 e. The van der Waals surface area contributed by atoms with Crippen LogP contribution in [0.4, 0.5) is 5.69 Å². The molecule has 0 spiro atoms. The lowest BCUT2D eigenvalue weighted by Gasteiger charge is -2.22. The van der Waals surface area contributed by atoms with Gasteiger partial charge in [-0.2, -0.15) is 0 Å². The van der Waals surface area contributed by atoms with Crippen molar-refractivity contribution in [1.29, 1.82) is 0 Å². The zero-order valence-electron chi connectivity index (χ0n) is 15.4. The van der Waals surface area contributed by atoms with E-state index in [9.17, 15) is 4.79 Å². The number of hydrogen-bond donors (Lipinski definition) is 1. The number of rotatable bonds is 6. The van der Waals surface area contributed by atoms with Gasteiger partial charge in [-0.1, -0.05) is 60.1 Å². The van der Waals surface area contributed by atoms with Crippen molar-refractivity contribution >= 4 is 34.1 Å². The molecule has 0 atom stereocenters. The van der Waals surface area contributed by atoms with Crippen LogP contribution in [0.2, 0.25) is 5.02 Å². The van der Waals surface area contributed by atoms with Crippen molar-refractivity contribution in [3.8, 4) is 0 Å². The Hall–Kier alpha value is -3.04. The van der Waals surface area contributed by atoms with Crippen LogP contribution in [0.25, 0.3) is 10.9 Å². The maximum atomic E-state index is 13.3. The second-order valence-corrected chi connectivity index (χ2v) is 7.21. The molecule has 0 radical (unpaired) electrons. The van der Waals surface area contributed by atoms with Gasteiger partial charge in [-0.25, -0.2) is 0 Å². The topological polar surface area (TPSA) is 36.1 Å². The first kappa shape index (κ1) is 18.3. The lowest BCUT2D eigenvalue weighted by molar-refractivity contribution is 0.0987. The summed E-state index contributed by atoms with van der Waals surface area (Å²) in [7, 11) is 0. The second-order valence-electron chi connectivity index (χ2n) is 6.77. The van der Waals surface area contributed by atoms with E-state index in [1.807, 2.05) is 53.6 Å². The first-order valence-corrected chi connectivity index (χ1v) is 9.77. The van der Waals surface area contributed by atoms with Crippen LogP contribution in [0.5, 0.6) is 0 Å². The van der Waals surface area contributed by atoms with E-state index in [-0.39, 0.29) is 5.91 Å². The van der Waals surface area contributed by atoms with E-state index >= 15 is 0 Å². The summed E-state index contributed by atoms with van der Waals surface area (Å²) in [6.07, 6.45) is 3.72. The number of nitrogens with one attached hydrogen (secondary N) is 1. The third kappa shape index (κ3) is 3.95. The van der Waals surface area contributed by atoms with Gasteiger partial charge in [0.1, 0.15) is 0 Å². The monoisotopic (exact) mass is 388 g/mol. The first-order valence-electron chi connectivity index (χ1n) is 9.40. The highest BCUT2D eigenvalue weighted by Gasteiger charge is 2.20. The number of benzene rings is 3. The molecule has 1 aromatic heterocycles. The van der Waals surface area contributed by atoms with Gasteiger partial charge < -0.3 is 9.88 Å². The summed E-state index contributed by atoms with van der Waals surface area (Å²) < 4.78 is 0. The Morgan fingerprint density at radius 2 is 1.61 bits per heavy atom. The fraction of sp³-hybridized carbons (Fsp3) is 0.125. The highest BCUT2D eigenvalue weighted by Crippen LogP contribution is 2.28. The van der Waals surface area contributed by atoms with Gasteiger partial charge in [0, 0.05) is 34.2 Å². The second kappa shape index (κ2) is 8.32. The summed E-state index contributed by atoms with van der Waals surface area (Å²) in [5.41, 5.74) is 3.84. The van der Waals surface area contributed by atoms with E-state index in [1.54, 1.807) is 24.3 Å². The Kier molecular flexibility index (Phi) is 5.45. The minimum atomic E-state index is -0.0190. The summed E-state index contributed by atoms with van der Waals surface area (Å²) in [5.74, 6) is -0.0190.